The molecule has 136 valence electrons. The van der Waals surface area contributed by atoms with Crippen LogP contribution in [-0.4, -0.2) is 24.7 Å². The Morgan fingerprint density at radius 3 is 2.44 bits per heavy atom. The quantitative estimate of drug-likeness (QED) is 0.705. The summed E-state index contributed by atoms with van der Waals surface area (Å²) in [4.78, 5) is 12.3. The average Bonchev–Trinajstić information content (AvgIpc) is 2.65. The van der Waals surface area contributed by atoms with Crippen molar-refractivity contribution in [2.24, 2.45) is 11.7 Å². The number of amides is 1. The summed E-state index contributed by atoms with van der Waals surface area (Å²) in [6, 6.07) is 16.3. The van der Waals surface area contributed by atoms with E-state index in [1.807, 2.05) is 30.3 Å². The Hall–Kier alpha value is -2.08. The molecule has 2 aromatic rings. The van der Waals surface area contributed by atoms with E-state index in [9.17, 15) is 9.90 Å². The largest absolute Gasteiger partial charge is 0.497 e. The fourth-order valence-corrected chi connectivity index (χ4v) is 2.45. The molecule has 2 aromatic carbocycles. The van der Waals surface area contributed by atoms with E-state index in [0.29, 0.717) is 11.3 Å². The molecule has 5 nitrogen and oxygen atoms in total. The molecule has 6 heteroatoms. The molecule has 0 aromatic heterocycles. The molecule has 4 N–H and O–H groups in total. The van der Waals surface area contributed by atoms with E-state index in [4.69, 9.17) is 10.5 Å². The van der Waals surface area contributed by atoms with Gasteiger partial charge in [-0.3, -0.25) is 4.79 Å². The van der Waals surface area contributed by atoms with Gasteiger partial charge in [0, 0.05) is 12.6 Å². The van der Waals surface area contributed by atoms with Gasteiger partial charge in [-0.15, -0.1) is 12.4 Å². The second kappa shape index (κ2) is 10.0. The normalized spacial score (nSPS) is 13.9. The number of ether oxygens (including phenoxy) is 1. The zero-order chi connectivity index (χ0) is 17.5. The first-order valence-corrected chi connectivity index (χ1v) is 7.93. The fraction of sp³-hybridized carbons (Fsp3) is 0.316. The summed E-state index contributed by atoms with van der Waals surface area (Å²) in [7, 11) is 1.57. The highest BCUT2D eigenvalue weighted by molar-refractivity contribution is 5.85. The first-order chi connectivity index (χ1) is 11.5. The Kier molecular flexibility index (Phi) is 8.41. The highest BCUT2D eigenvalue weighted by atomic mass is 35.5. The van der Waals surface area contributed by atoms with E-state index < -0.39 is 12.0 Å². The van der Waals surface area contributed by atoms with Crippen LogP contribution in [0.5, 0.6) is 5.75 Å². The first kappa shape index (κ1) is 21.0. The Morgan fingerprint density at radius 1 is 1.16 bits per heavy atom. The van der Waals surface area contributed by atoms with Gasteiger partial charge in [-0.05, 0) is 23.3 Å². The van der Waals surface area contributed by atoms with Crippen LogP contribution in [0.2, 0.25) is 0 Å². The number of rotatable bonds is 7. The standard InChI is InChI=1S/C19H24N2O3.ClH/c1-13(18(20)14-7-4-3-5-8-14)19(23)21-12-17(22)15-9-6-10-16(11-15)24-2;/h3-11,13,17-18,22H,12,20H2,1-2H3,(H,21,23);1H. The third-order valence-electron chi connectivity index (χ3n) is 4.08. The zero-order valence-electron chi connectivity index (χ0n) is 14.4. The number of aliphatic hydroxyl groups excluding tert-OH is 1. The van der Waals surface area contributed by atoms with Gasteiger partial charge < -0.3 is 20.9 Å². The maximum Gasteiger partial charge on any atom is 0.224 e. The van der Waals surface area contributed by atoms with Crippen LogP contribution in [0.25, 0.3) is 0 Å². The van der Waals surface area contributed by atoms with Gasteiger partial charge in [0.2, 0.25) is 5.91 Å². The smallest absolute Gasteiger partial charge is 0.224 e. The Balaban J connectivity index is 0.00000312. The SMILES string of the molecule is COc1cccc(C(O)CNC(=O)C(C)C(N)c2ccccc2)c1.Cl. The first-order valence-electron chi connectivity index (χ1n) is 7.93. The van der Waals surface area contributed by atoms with E-state index in [1.54, 1.807) is 38.3 Å². The number of carbonyl (C=O) groups excluding carboxylic acids is 1. The molecule has 0 bridgehead atoms. The van der Waals surface area contributed by atoms with Crippen LogP contribution in [0.3, 0.4) is 0 Å². The van der Waals surface area contributed by atoms with Crippen LogP contribution in [0.15, 0.2) is 54.6 Å². The minimum atomic E-state index is -0.802. The van der Waals surface area contributed by atoms with Crippen molar-refractivity contribution in [2.45, 2.75) is 19.1 Å². The summed E-state index contributed by atoms with van der Waals surface area (Å²) < 4.78 is 5.13. The monoisotopic (exact) mass is 364 g/mol. The lowest BCUT2D eigenvalue weighted by molar-refractivity contribution is -0.125. The topological polar surface area (TPSA) is 84.6 Å². The van der Waals surface area contributed by atoms with Crippen LogP contribution in [-0.2, 0) is 4.79 Å². The number of hydrogen-bond acceptors (Lipinski definition) is 4. The van der Waals surface area contributed by atoms with Gasteiger partial charge in [-0.2, -0.15) is 0 Å². The van der Waals surface area contributed by atoms with E-state index in [1.165, 1.54) is 0 Å². The van der Waals surface area contributed by atoms with Crippen molar-refractivity contribution in [1.29, 1.82) is 0 Å². The van der Waals surface area contributed by atoms with E-state index in [0.717, 1.165) is 5.56 Å². The second-order valence-electron chi connectivity index (χ2n) is 5.76. The highest BCUT2D eigenvalue weighted by Crippen LogP contribution is 2.21. The minimum absolute atomic E-state index is 0. The lowest BCUT2D eigenvalue weighted by Crippen LogP contribution is -2.37. The molecule has 3 atom stereocenters. The average molecular weight is 365 g/mol. The predicted octanol–water partition coefficient (Wildman–Crippen LogP) is 2.60. The lowest BCUT2D eigenvalue weighted by atomic mass is 9.94. The number of halogens is 1. The summed E-state index contributed by atoms with van der Waals surface area (Å²) >= 11 is 0. The van der Waals surface area contributed by atoms with Crippen molar-refractivity contribution in [2.75, 3.05) is 13.7 Å². The van der Waals surface area contributed by atoms with Gasteiger partial charge in [0.05, 0.1) is 19.1 Å². The molecule has 0 saturated carbocycles. The van der Waals surface area contributed by atoms with Gasteiger partial charge >= 0.3 is 0 Å². The van der Waals surface area contributed by atoms with Crippen LogP contribution in [0.1, 0.15) is 30.2 Å². The van der Waals surface area contributed by atoms with Crippen molar-refractivity contribution in [3.63, 3.8) is 0 Å². The summed E-state index contributed by atoms with van der Waals surface area (Å²) in [5.41, 5.74) is 7.76. The lowest BCUT2D eigenvalue weighted by Gasteiger charge is -2.21. The molecular formula is C19H25ClN2O3. The van der Waals surface area contributed by atoms with E-state index in [2.05, 4.69) is 5.32 Å². The van der Waals surface area contributed by atoms with Crippen molar-refractivity contribution in [1.82, 2.24) is 5.32 Å². The van der Waals surface area contributed by atoms with Gasteiger partial charge in [0.1, 0.15) is 5.75 Å². The summed E-state index contributed by atoms with van der Waals surface area (Å²) in [6.07, 6.45) is -0.802. The Labute approximate surface area is 154 Å². The molecular weight excluding hydrogens is 340 g/mol. The van der Waals surface area contributed by atoms with Crippen LogP contribution < -0.4 is 15.8 Å². The third kappa shape index (κ3) is 5.74. The highest BCUT2D eigenvalue weighted by Gasteiger charge is 2.22. The summed E-state index contributed by atoms with van der Waals surface area (Å²) in [6.45, 7) is 1.91. The second-order valence-corrected chi connectivity index (χ2v) is 5.76. The van der Waals surface area contributed by atoms with Gasteiger partial charge in [0.25, 0.3) is 0 Å². The molecule has 0 aliphatic rings. The Bertz CT molecular complexity index is 667. The molecule has 2 rings (SSSR count). The van der Waals surface area contributed by atoms with Gasteiger partial charge in [-0.25, -0.2) is 0 Å². The number of nitrogens with one attached hydrogen (secondary N) is 1. The van der Waals surface area contributed by atoms with Crippen LogP contribution >= 0.6 is 12.4 Å². The molecule has 0 aliphatic carbocycles. The molecule has 3 unspecified atom stereocenters. The van der Waals surface area contributed by atoms with Crippen molar-refractivity contribution < 1.29 is 14.6 Å². The third-order valence-corrected chi connectivity index (χ3v) is 4.08. The maximum absolute atomic E-state index is 12.3. The number of nitrogens with two attached hydrogens (primary N) is 1. The van der Waals surface area contributed by atoms with Crippen LogP contribution in [0, 0.1) is 5.92 Å². The van der Waals surface area contributed by atoms with E-state index in [-0.39, 0.29) is 30.9 Å². The maximum atomic E-state index is 12.3. The molecule has 1 amide bonds. The zero-order valence-corrected chi connectivity index (χ0v) is 15.2. The molecule has 0 saturated heterocycles. The van der Waals surface area contributed by atoms with Crippen molar-refractivity contribution in [3.8, 4) is 5.75 Å². The number of aliphatic hydroxyl groups is 1. The fourth-order valence-electron chi connectivity index (χ4n) is 2.45. The molecule has 0 spiro atoms. The molecule has 0 fully saturated rings. The van der Waals surface area contributed by atoms with Gasteiger partial charge in [0.15, 0.2) is 0 Å². The minimum Gasteiger partial charge on any atom is -0.497 e. The van der Waals surface area contributed by atoms with Gasteiger partial charge in [-0.1, -0.05) is 49.4 Å². The number of benzene rings is 2. The van der Waals surface area contributed by atoms with E-state index >= 15 is 0 Å². The molecule has 25 heavy (non-hydrogen) atoms. The number of methoxy groups -OCH3 is 1. The molecule has 0 heterocycles. The summed E-state index contributed by atoms with van der Waals surface area (Å²) in [5, 5.41) is 13.0. The molecule has 0 aliphatic heterocycles. The number of hydrogen-bond donors (Lipinski definition) is 3. The van der Waals surface area contributed by atoms with Crippen LogP contribution in [0.4, 0.5) is 0 Å². The molecule has 0 radical (unpaired) electrons. The Morgan fingerprint density at radius 2 is 1.80 bits per heavy atom. The predicted molar refractivity (Wildman–Crippen MR) is 101 cm³/mol. The number of carbonyl (C=O) groups is 1. The van der Waals surface area contributed by atoms with Crippen molar-refractivity contribution >= 4 is 18.3 Å². The summed E-state index contributed by atoms with van der Waals surface area (Å²) in [5.74, 6) is 0.0792. The van der Waals surface area contributed by atoms with Crippen molar-refractivity contribution in [3.05, 3.63) is 65.7 Å².